The molecule has 1 atom stereocenters. The van der Waals surface area contributed by atoms with E-state index in [1.165, 1.54) is 64.2 Å². The van der Waals surface area contributed by atoms with Crippen LogP contribution in [-0.2, 0) is 4.79 Å². The summed E-state index contributed by atoms with van der Waals surface area (Å²) in [6.45, 7) is 8.22. The molecule has 0 rings (SSSR count). The normalized spacial score (nSPS) is 13.0. The van der Waals surface area contributed by atoms with Gasteiger partial charge in [-0.1, -0.05) is 91.2 Å². The Morgan fingerprint density at radius 1 is 0.840 bits per heavy atom. The maximum Gasteiger partial charge on any atom is 1.00 e. The summed E-state index contributed by atoms with van der Waals surface area (Å²) in [4.78, 5) is 11.2. The third-order valence-electron chi connectivity index (χ3n) is 4.83. The van der Waals surface area contributed by atoms with Gasteiger partial charge in [0.25, 0.3) is 0 Å². The largest absolute Gasteiger partial charge is 1.00 e. The molecular weight excluding hydrogens is 319 g/mol. The van der Waals surface area contributed by atoms with Crippen molar-refractivity contribution >= 4 is 5.97 Å². The standard InChI is InChI=1S/C22H42O2.Na/c1-5-6-7-8-9-10-11-12-13-14-15-16-17-18-19-20(21(23)24)22(2,3)4;/h12-13,20H,5-11,14-19H2,1-4H3,(H,23,24);/q;+1/p-1/b13-12-;. The Labute approximate surface area is 179 Å². The SMILES string of the molecule is CCCCCCCC/C=C\CCCCCCC(C(=O)[O-])C(C)(C)C.[Na+]. The van der Waals surface area contributed by atoms with E-state index in [9.17, 15) is 9.90 Å². The van der Waals surface area contributed by atoms with Crippen LogP contribution in [0.15, 0.2) is 12.2 Å². The Kier molecular flexibility index (Phi) is 19.3. The van der Waals surface area contributed by atoms with Crippen molar-refractivity contribution < 1.29 is 39.5 Å². The van der Waals surface area contributed by atoms with Gasteiger partial charge in [-0.15, -0.1) is 0 Å². The van der Waals surface area contributed by atoms with E-state index in [2.05, 4.69) is 19.1 Å². The quantitative estimate of drug-likeness (QED) is 0.256. The van der Waals surface area contributed by atoms with E-state index < -0.39 is 5.97 Å². The minimum absolute atomic E-state index is 0. The number of hydrogen-bond donors (Lipinski definition) is 0. The predicted molar refractivity (Wildman–Crippen MR) is 103 cm³/mol. The van der Waals surface area contributed by atoms with Crippen LogP contribution < -0.4 is 34.7 Å². The molecule has 2 nitrogen and oxygen atoms in total. The number of carbonyl (C=O) groups excluding carboxylic acids is 1. The number of unbranched alkanes of at least 4 members (excludes halogenated alkanes) is 10. The van der Waals surface area contributed by atoms with E-state index in [1.54, 1.807) is 0 Å². The monoisotopic (exact) mass is 360 g/mol. The van der Waals surface area contributed by atoms with Gasteiger partial charge < -0.3 is 9.90 Å². The molecule has 0 aromatic rings. The summed E-state index contributed by atoms with van der Waals surface area (Å²) >= 11 is 0. The third-order valence-corrected chi connectivity index (χ3v) is 4.83. The summed E-state index contributed by atoms with van der Waals surface area (Å²) < 4.78 is 0. The first kappa shape index (κ1) is 27.4. The fourth-order valence-electron chi connectivity index (χ4n) is 3.15. The average Bonchev–Trinajstić information content (AvgIpc) is 2.49. The maximum absolute atomic E-state index is 11.2. The van der Waals surface area contributed by atoms with Crippen LogP contribution in [0.25, 0.3) is 0 Å². The molecule has 0 aromatic heterocycles. The Morgan fingerprint density at radius 2 is 1.28 bits per heavy atom. The fraction of sp³-hybridized carbons (Fsp3) is 0.864. The van der Waals surface area contributed by atoms with Crippen LogP contribution in [0.4, 0.5) is 0 Å². The zero-order chi connectivity index (χ0) is 18.3. The van der Waals surface area contributed by atoms with Gasteiger partial charge >= 0.3 is 29.6 Å². The number of carboxylic acids is 1. The molecule has 142 valence electrons. The number of hydrogen-bond acceptors (Lipinski definition) is 2. The molecule has 0 aromatic carbocycles. The fourth-order valence-corrected chi connectivity index (χ4v) is 3.15. The van der Waals surface area contributed by atoms with Gasteiger partial charge in [0.1, 0.15) is 0 Å². The second kappa shape index (κ2) is 17.6. The van der Waals surface area contributed by atoms with Crippen molar-refractivity contribution in [2.45, 2.75) is 111 Å². The summed E-state index contributed by atoms with van der Waals surface area (Å²) in [5.41, 5.74) is -0.196. The molecular formula is C22H41NaO2. The molecule has 0 aliphatic carbocycles. The summed E-state index contributed by atoms with van der Waals surface area (Å²) in [6, 6.07) is 0. The van der Waals surface area contributed by atoms with Crippen LogP contribution in [0.2, 0.25) is 0 Å². The minimum atomic E-state index is -0.889. The molecule has 0 amide bonds. The van der Waals surface area contributed by atoms with Crippen molar-refractivity contribution in [1.82, 2.24) is 0 Å². The summed E-state index contributed by atoms with van der Waals surface area (Å²) in [7, 11) is 0. The van der Waals surface area contributed by atoms with E-state index in [0.717, 1.165) is 19.3 Å². The molecule has 0 fully saturated rings. The predicted octanol–water partition coefficient (Wildman–Crippen LogP) is 3.05. The zero-order valence-corrected chi connectivity index (χ0v) is 19.7. The minimum Gasteiger partial charge on any atom is -0.550 e. The number of allylic oxidation sites excluding steroid dienone is 2. The molecule has 0 N–H and O–H groups in total. The Bertz CT molecular complexity index is 331. The van der Waals surface area contributed by atoms with Crippen LogP contribution >= 0.6 is 0 Å². The van der Waals surface area contributed by atoms with Gasteiger partial charge in [-0.3, -0.25) is 0 Å². The van der Waals surface area contributed by atoms with E-state index in [-0.39, 0.29) is 40.9 Å². The van der Waals surface area contributed by atoms with Crippen molar-refractivity contribution in [1.29, 1.82) is 0 Å². The number of carbonyl (C=O) groups is 1. The van der Waals surface area contributed by atoms with E-state index in [0.29, 0.717) is 0 Å². The second-order valence-electron chi connectivity index (χ2n) is 8.26. The Balaban J connectivity index is 0. The molecule has 0 saturated carbocycles. The van der Waals surface area contributed by atoms with E-state index >= 15 is 0 Å². The van der Waals surface area contributed by atoms with Crippen molar-refractivity contribution in [2.24, 2.45) is 11.3 Å². The van der Waals surface area contributed by atoms with Gasteiger partial charge in [0.05, 0.1) is 0 Å². The molecule has 0 saturated heterocycles. The number of rotatable bonds is 15. The molecule has 0 radical (unpaired) electrons. The van der Waals surface area contributed by atoms with Crippen LogP contribution in [0.3, 0.4) is 0 Å². The van der Waals surface area contributed by atoms with Gasteiger partial charge in [0.15, 0.2) is 0 Å². The number of aliphatic carboxylic acids is 1. The van der Waals surface area contributed by atoms with Crippen LogP contribution in [0, 0.1) is 11.3 Å². The molecule has 1 unspecified atom stereocenters. The summed E-state index contributed by atoms with van der Waals surface area (Å²) in [5, 5.41) is 11.2. The van der Waals surface area contributed by atoms with Crippen molar-refractivity contribution in [3.8, 4) is 0 Å². The topological polar surface area (TPSA) is 40.1 Å². The van der Waals surface area contributed by atoms with Gasteiger partial charge in [-0.05, 0) is 37.5 Å². The van der Waals surface area contributed by atoms with Crippen molar-refractivity contribution in [3.63, 3.8) is 0 Å². The van der Waals surface area contributed by atoms with Crippen LogP contribution in [-0.4, -0.2) is 5.97 Å². The second-order valence-corrected chi connectivity index (χ2v) is 8.26. The Morgan fingerprint density at radius 3 is 1.72 bits per heavy atom. The van der Waals surface area contributed by atoms with Gasteiger partial charge in [0, 0.05) is 11.9 Å². The summed E-state index contributed by atoms with van der Waals surface area (Å²) in [6.07, 6.45) is 20.6. The first-order valence-electron chi connectivity index (χ1n) is 10.3. The van der Waals surface area contributed by atoms with Crippen molar-refractivity contribution in [3.05, 3.63) is 12.2 Å². The van der Waals surface area contributed by atoms with Crippen molar-refractivity contribution in [2.75, 3.05) is 0 Å². The van der Waals surface area contributed by atoms with Gasteiger partial charge in [-0.2, -0.15) is 0 Å². The molecule has 0 bridgehead atoms. The first-order chi connectivity index (χ1) is 11.4. The molecule has 3 heteroatoms. The molecule has 25 heavy (non-hydrogen) atoms. The first-order valence-corrected chi connectivity index (χ1v) is 10.3. The summed E-state index contributed by atoms with van der Waals surface area (Å²) in [5.74, 6) is -1.21. The molecule has 0 aliphatic heterocycles. The molecule has 0 aliphatic rings. The molecule has 0 heterocycles. The zero-order valence-electron chi connectivity index (χ0n) is 17.7. The smallest absolute Gasteiger partial charge is 0.550 e. The number of carboxylic acid groups (broad SMARTS) is 1. The van der Waals surface area contributed by atoms with Crippen LogP contribution in [0.1, 0.15) is 111 Å². The Hall–Kier alpha value is 0.210. The van der Waals surface area contributed by atoms with E-state index in [1.807, 2.05) is 20.8 Å². The van der Waals surface area contributed by atoms with Gasteiger partial charge in [0.2, 0.25) is 0 Å². The van der Waals surface area contributed by atoms with Gasteiger partial charge in [-0.25, -0.2) is 0 Å². The molecule has 0 spiro atoms. The van der Waals surface area contributed by atoms with Crippen LogP contribution in [0.5, 0.6) is 0 Å². The average molecular weight is 361 g/mol. The third kappa shape index (κ3) is 17.4. The van der Waals surface area contributed by atoms with E-state index in [4.69, 9.17) is 0 Å². The maximum atomic E-state index is 11.2.